The highest BCUT2D eigenvalue weighted by Crippen LogP contribution is 2.10. The van der Waals surface area contributed by atoms with Crippen molar-refractivity contribution in [3.05, 3.63) is 0 Å². The van der Waals surface area contributed by atoms with E-state index in [1.165, 1.54) is 0 Å². The van der Waals surface area contributed by atoms with Gasteiger partial charge in [0.15, 0.2) is 0 Å². The number of urea groups is 1. The van der Waals surface area contributed by atoms with Crippen molar-refractivity contribution >= 4 is 12.0 Å². The Morgan fingerprint density at radius 1 is 1.35 bits per heavy atom. The maximum Gasteiger partial charge on any atom is 0.325 e. The van der Waals surface area contributed by atoms with Gasteiger partial charge < -0.3 is 19.7 Å². The molecule has 1 saturated heterocycles. The van der Waals surface area contributed by atoms with Crippen molar-refractivity contribution in [2.24, 2.45) is 0 Å². The molecule has 6 nitrogen and oxygen atoms in total. The monoisotopic (exact) mass is 244 g/mol. The summed E-state index contributed by atoms with van der Waals surface area (Å²) in [4.78, 5) is 24.5. The highest BCUT2D eigenvalue weighted by atomic mass is 16.5. The van der Waals surface area contributed by atoms with Crippen LogP contribution in [0, 0.1) is 0 Å². The van der Waals surface area contributed by atoms with Crippen molar-refractivity contribution in [3.63, 3.8) is 0 Å². The normalized spacial score (nSPS) is 24.3. The fourth-order valence-electron chi connectivity index (χ4n) is 1.82. The van der Waals surface area contributed by atoms with E-state index in [0.717, 1.165) is 0 Å². The summed E-state index contributed by atoms with van der Waals surface area (Å²) >= 11 is 0. The van der Waals surface area contributed by atoms with Gasteiger partial charge >= 0.3 is 12.0 Å². The number of nitrogens with one attached hydrogen (secondary N) is 1. The summed E-state index contributed by atoms with van der Waals surface area (Å²) in [5.74, 6) is -0.421. The molecule has 0 bridgehead atoms. The highest BCUT2D eigenvalue weighted by Gasteiger charge is 2.25. The quantitative estimate of drug-likeness (QED) is 0.728. The second kappa shape index (κ2) is 6.44. The van der Waals surface area contributed by atoms with E-state index in [-0.39, 0.29) is 24.8 Å². The van der Waals surface area contributed by atoms with Crippen LogP contribution in [0.4, 0.5) is 4.79 Å². The van der Waals surface area contributed by atoms with Crippen LogP contribution in [0.5, 0.6) is 0 Å². The lowest BCUT2D eigenvalue weighted by Gasteiger charge is -2.35. The lowest BCUT2D eigenvalue weighted by atomic mass is 10.2. The predicted molar refractivity (Wildman–Crippen MR) is 61.6 cm³/mol. The summed E-state index contributed by atoms with van der Waals surface area (Å²) in [6.45, 7) is 6.87. The SMILES string of the molecule is CCOC(=O)CNC(=O)N1C[C@@H](C)O[C@H](C)C1. The van der Waals surface area contributed by atoms with E-state index in [1.54, 1.807) is 11.8 Å². The summed E-state index contributed by atoms with van der Waals surface area (Å²) in [5.41, 5.74) is 0. The molecule has 0 unspecified atom stereocenters. The van der Waals surface area contributed by atoms with Gasteiger partial charge in [-0.1, -0.05) is 0 Å². The van der Waals surface area contributed by atoms with Crippen LogP contribution in [-0.4, -0.2) is 55.3 Å². The Labute approximate surface area is 101 Å². The number of rotatable bonds is 3. The fraction of sp³-hybridized carbons (Fsp3) is 0.818. The molecule has 1 aliphatic rings. The van der Waals surface area contributed by atoms with Gasteiger partial charge in [-0.3, -0.25) is 4.79 Å². The Bertz CT molecular complexity index is 273. The third-order valence-electron chi connectivity index (χ3n) is 2.40. The third-order valence-corrected chi connectivity index (χ3v) is 2.40. The van der Waals surface area contributed by atoms with Crippen molar-refractivity contribution in [2.45, 2.75) is 33.0 Å². The molecule has 0 saturated carbocycles. The van der Waals surface area contributed by atoms with Gasteiger partial charge in [0.05, 0.1) is 18.8 Å². The lowest BCUT2D eigenvalue weighted by Crippen LogP contribution is -2.52. The Kier molecular flexibility index (Phi) is 5.21. The van der Waals surface area contributed by atoms with E-state index in [1.807, 2.05) is 13.8 Å². The van der Waals surface area contributed by atoms with Crippen LogP contribution in [0.15, 0.2) is 0 Å². The number of amides is 2. The van der Waals surface area contributed by atoms with E-state index in [9.17, 15) is 9.59 Å². The van der Waals surface area contributed by atoms with Crippen LogP contribution in [0.1, 0.15) is 20.8 Å². The van der Waals surface area contributed by atoms with Gasteiger partial charge in [0, 0.05) is 13.1 Å². The Hall–Kier alpha value is -1.30. The second-order valence-electron chi connectivity index (χ2n) is 4.13. The number of carbonyl (C=O) groups excluding carboxylic acids is 2. The first-order chi connectivity index (χ1) is 8.02. The van der Waals surface area contributed by atoms with Gasteiger partial charge in [-0.2, -0.15) is 0 Å². The zero-order valence-corrected chi connectivity index (χ0v) is 10.6. The average Bonchev–Trinajstić information content (AvgIpc) is 2.25. The smallest absolute Gasteiger partial charge is 0.325 e. The van der Waals surface area contributed by atoms with Crippen LogP contribution < -0.4 is 5.32 Å². The van der Waals surface area contributed by atoms with Crippen LogP contribution in [0.2, 0.25) is 0 Å². The molecule has 1 N–H and O–H groups in total. The van der Waals surface area contributed by atoms with Gasteiger partial charge in [-0.25, -0.2) is 4.79 Å². The predicted octanol–water partition coefficient (Wildman–Crippen LogP) is 0.368. The van der Waals surface area contributed by atoms with Gasteiger partial charge in [-0.15, -0.1) is 0 Å². The molecule has 0 aliphatic carbocycles. The molecule has 1 aliphatic heterocycles. The highest BCUT2D eigenvalue weighted by molar-refractivity contribution is 5.80. The first-order valence-electron chi connectivity index (χ1n) is 5.86. The van der Waals surface area contributed by atoms with Crippen LogP contribution in [-0.2, 0) is 14.3 Å². The summed E-state index contributed by atoms with van der Waals surface area (Å²) in [7, 11) is 0. The van der Waals surface area contributed by atoms with Gasteiger partial charge in [0.1, 0.15) is 6.54 Å². The van der Waals surface area contributed by atoms with E-state index in [2.05, 4.69) is 5.32 Å². The van der Waals surface area contributed by atoms with Crippen LogP contribution >= 0.6 is 0 Å². The molecule has 2 amide bonds. The maximum absolute atomic E-state index is 11.7. The summed E-state index contributed by atoms with van der Waals surface area (Å²) in [6, 6.07) is -0.250. The molecular weight excluding hydrogens is 224 g/mol. The van der Waals surface area contributed by atoms with E-state index in [4.69, 9.17) is 9.47 Å². The summed E-state index contributed by atoms with van der Waals surface area (Å²) < 4.78 is 10.2. The molecule has 0 aromatic rings. The number of nitrogens with zero attached hydrogens (tertiary/aromatic N) is 1. The molecule has 1 heterocycles. The maximum atomic E-state index is 11.7. The molecule has 6 heteroatoms. The molecule has 1 rings (SSSR count). The minimum atomic E-state index is -0.421. The number of morpholine rings is 1. The van der Waals surface area contributed by atoms with Crippen molar-refractivity contribution in [1.82, 2.24) is 10.2 Å². The van der Waals surface area contributed by atoms with Crippen LogP contribution in [0.25, 0.3) is 0 Å². The number of hydrogen-bond acceptors (Lipinski definition) is 4. The second-order valence-corrected chi connectivity index (χ2v) is 4.13. The minimum Gasteiger partial charge on any atom is -0.465 e. The number of esters is 1. The van der Waals surface area contributed by atoms with E-state index >= 15 is 0 Å². The third kappa shape index (κ3) is 4.60. The van der Waals surface area contributed by atoms with Crippen molar-refractivity contribution in [2.75, 3.05) is 26.2 Å². The molecule has 2 atom stereocenters. The first kappa shape index (κ1) is 13.8. The molecule has 1 fully saturated rings. The van der Waals surface area contributed by atoms with Crippen molar-refractivity contribution in [1.29, 1.82) is 0 Å². The zero-order chi connectivity index (χ0) is 12.8. The van der Waals surface area contributed by atoms with Crippen molar-refractivity contribution < 1.29 is 19.1 Å². The molecule has 17 heavy (non-hydrogen) atoms. The average molecular weight is 244 g/mol. The van der Waals surface area contributed by atoms with Crippen LogP contribution in [0.3, 0.4) is 0 Å². The van der Waals surface area contributed by atoms with Gasteiger partial charge in [0.25, 0.3) is 0 Å². The number of hydrogen-bond donors (Lipinski definition) is 1. The van der Waals surface area contributed by atoms with E-state index in [0.29, 0.717) is 19.7 Å². The molecule has 0 spiro atoms. The molecule has 0 aromatic carbocycles. The largest absolute Gasteiger partial charge is 0.465 e. The molecular formula is C11H20N2O4. The molecule has 0 radical (unpaired) electrons. The number of ether oxygens (including phenoxy) is 2. The van der Waals surface area contributed by atoms with Gasteiger partial charge in [-0.05, 0) is 20.8 Å². The molecule has 98 valence electrons. The number of carbonyl (C=O) groups is 2. The molecule has 0 aromatic heterocycles. The lowest BCUT2D eigenvalue weighted by molar-refractivity contribution is -0.141. The fourth-order valence-corrected chi connectivity index (χ4v) is 1.82. The Morgan fingerprint density at radius 3 is 2.47 bits per heavy atom. The standard InChI is InChI=1S/C11H20N2O4/c1-4-16-10(14)5-12-11(15)13-6-8(2)17-9(3)7-13/h8-9H,4-7H2,1-3H3,(H,12,15)/t8-,9-/m1/s1. The first-order valence-corrected chi connectivity index (χ1v) is 5.86. The Balaban J connectivity index is 2.34. The zero-order valence-electron chi connectivity index (χ0n) is 10.6. The van der Waals surface area contributed by atoms with E-state index < -0.39 is 5.97 Å². The van der Waals surface area contributed by atoms with Crippen molar-refractivity contribution in [3.8, 4) is 0 Å². The summed E-state index contributed by atoms with van der Waals surface area (Å²) in [5, 5.41) is 2.53. The minimum absolute atomic E-state index is 0.0205. The summed E-state index contributed by atoms with van der Waals surface area (Å²) in [6.07, 6.45) is 0.0409. The Morgan fingerprint density at radius 2 is 1.94 bits per heavy atom. The van der Waals surface area contributed by atoms with Gasteiger partial charge in [0.2, 0.25) is 0 Å². The topological polar surface area (TPSA) is 67.9 Å².